The summed E-state index contributed by atoms with van der Waals surface area (Å²) >= 11 is 0. The summed E-state index contributed by atoms with van der Waals surface area (Å²) in [6.07, 6.45) is 3.93. The van der Waals surface area contributed by atoms with Gasteiger partial charge in [-0.2, -0.15) is 5.10 Å². The largest absolute Gasteiger partial charge is 0.367 e. The summed E-state index contributed by atoms with van der Waals surface area (Å²) in [5, 5.41) is 7.90. The van der Waals surface area contributed by atoms with Gasteiger partial charge in [-0.25, -0.2) is 0 Å². The van der Waals surface area contributed by atoms with Crippen molar-refractivity contribution in [2.75, 3.05) is 18.9 Å². The van der Waals surface area contributed by atoms with Gasteiger partial charge >= 0.3 is 0 Å². The predicted molar refractivity (Wildman–Crippen MR) is 66.7 cm³/mol. The van der Waals surface area contributed by atoms with Crippen LogP contribution in [0.3, 0.4) is 0 Å². The first-order valence-electron chi connectivity index (χ1n) is 5.92. The minimum atomic E-state index is 0.815. The quantitative estimate of drug-likeness (QED) is 0.836. The SMILES string of the molecule is CN1CCn2nc(NCc3cc[nH]c3)cc2C1. The van der Waals surface area contributed by atoms with Crippen LogP contribution in [0.4, 0.5) is 5.82 Å². The fourth-order valence-electron chi connectivity index (χ4n) is 2.14. The third kappa shape index (κ3) is 2.19. The molecule has 0 unspecified atom stereocenters. The van der Waals surface area contributed by atoms with Crippen LogP contribution >= 0.6 is 0 Å². The maximum absolute atomic E-state index is 4.55. The maximum Gasteiger partial charge on any atom is 0.148 e. The monoisotopic (exact) mass is 231 g/mol. The van der Waals surface area contributed by atoms with Gasteiger partial charge in [-0.3, -0.25) is 9.58 Å². The number of fused-ring (bicyclic) bond motifs is 1. The van der Waals surface area contributed by atoms with E-state index < -0.39 is 0 Å². The van der Waals surface area contributed by atoms with E-state index in [-0.39, 0.29) is 0 Å². The number of hydrogen-bond donors (Lipinski definition) is 2. The molecule has 0 atom stereocenters. The molecule has 2 aromatic heterocycles. The van der Waals surface area contributed by atoms with E-state index in [2.05, 4.69) is 44.2 Å². The van der Waals surface area contributed by atoms with Crippen LogP contribution in [0.25, 0.3) is 0 Å². The van der Waals surface area contributed by atoms with Crippen LogP contribution in [0.15, 0.2) is 24.5 Å². The second-order valence-corrected chi connectivity index (χ2v) is 4.55. The van der Waals surface area contributed by atoms with Gasteiger partial charge < -0.3 is 10.3 Å². The van der Waals surface area contributed by atoms with Crippen molar-refractivity contribution in [2.24, 2.45) is 0 Å². The number of hydrogen-bond acceptors (Lipinski definition) is 3. The number of aromatic nitrogens is 3. The van der Waals surface area contributed by atoms with E-state index in [0.717, 1.165) is 32.0 Å². The topological polar surface area (TPSA) is 48.9 Å². The number of nitrogens with zero attached hydrogens (tertiary/aromatic N) is 3. The molecule has 0 saturated carbocycles. The molecular weight excluding hydrogens is 214 g/mol. The second kappa shape index (κ2) is 4.25. The van der Waals surface area contributed by atoms with Gasteiger partial charge in [0.1, 0.15) is 5.82 Å². The average Bonchev–Trinajstić information content (AvgIpc) is 2.94. The number of H-pyrrole nitrogens is 1. The van der Waals surface area contributed by atoms with Crippen LogP contribution in [-0.2, 0) is 19.6 Å². The zero-order valence-corrected chi connectivity index (χ0v) is 9.98. The number of likely N-dealkylation sites (N-methyl/N-ethyl adjacent to an activating group) is 1. The highest BCUT2D eigenvalue weighted by atomic mass is 15.4. The van der Waals surface area contributed by atoms with Gasteiger partial charge in [-0.15, -0.1) is 0 Å². The van der Waals surface area contributed by atoms with Gasteiger partial charge in [0.2, 0.25) is 0 Å². The van der Waals surface area contributed by atoms with Gasteiger partial charge in [0.05, 0.1) is 12.2 Å². The van der Waals surface area contributed by atoms with E-state index in [1.54, 1.807) is 0 Å². The van der Waals surface area contributed by atoms with Crippen molar-refractivity contribution in [3.63, 3.8) is 0 Å². The summed E-state index contributed by atoms with van der Waals surface area (Å²) in [6, 6.07) is 4.21. The predicted octanol–water partition coefficient (Wildman–Crippen LogP) is 1.27. The summed E-state index contributed by atoms with van der Waals surface area (Å²) in [4.78, 5) is 5.36. The number of rotatable bonds is 3. The zero-order chi connectivity index (χ0) is 11.7. The molecule has 0 amide bonds. The lowest BCUT2D eigenvalue weighted by Gasteiger charge is -2.22. The number of nitrogens with one attached hydrogen (secondary N) is 2. The van der Waals surface area contributed by atoms with Crippen LogP contribution in [0.5, 0.6) is 0 Å². The van der Waals surface area contributed by atoms with E-state index in [4.69, 9.17) is 0 Å². The minimum absolute atomic E-state index is 0.815. The number of aromatic amines is 1. The van der Waals surface area contributed by atoms with Gasteiger partial charge in [-0.1, -0.05) is 0 Å². The molecule has 1 aliphatic rings. The molecule has 0 spiro atoms. The number of anilines is 1. The summed E-state index contributed by atoms with van der Waals surface area (Å²) in [5.74, 6) is 0.969. The fraction of sp³-hybridized carbons (Fsp3) is 0.417. The first-order chi connectivity index (χ1) is 8.31. The fourth-order valence-corrected chi connectivity index (χ4v) is 2.14. The van der Waals surface area contributed by atoms with Crippen molar-refractivity contribution < 1.29 is 0 Å². The molecule has 90 valence electrons. The smallest absolute Gasteiger partial charge is 0.148 e. The van der Waals surface area contributed by atoms with Gasteiger partial charge in [0, 0.05) is 38.1 Å². The Balaban J connectivity index is 1.68. The molecule has 5 heteroatoms. The highest BCUT2D eigenvalue weighted by Crippen LogP contribution is 2.15. The normalized spacial score (nSPS) is 15.8. The Labute approximate surface area is 100 Å². The Morgan fingerprint density at radius 2 is 2.41 bits per heavy atom. The molecule has 0 radical (unpaired) electrons. The van der Waals surface area contributed by atoms with E-state index in [1.807, 2.05) is 12.4 Å². The van der Waals surface area contributed by atoms with Gasteiger partial charge in [0.15, 0.2) is 0 Å². The lowest BCUT2D eigenvalue weighted by Crippen LogP contribution is -2.30. The van der Waals surface area contributed by atoms with E-state index in [9.17, 15) is 0 Å². The van der Waals surface area contributed by atoms with E-state index in [1.165, 1.54) is 11.3 Å². The Bertz CT molecular complexity index is 485. The molecule has 0 saturated heterocycles. The lowest BCUT2D eigenvalue weighted by molar-refractivity contribution is 0.259. The van der Waals surface area contributed by atoms with Crippen LogP contribution in [0.2, 0.25) is 0 Å². The molecule has 2 aromatic rings. The molecule has 0 bridgehead atoms. The summed E-state index contributed by atoms with van der Waals surface area (Å²) < 4.78 is 2.10. The standard InChI is InChI=1S/C12H17N5/c1-16-4-5-17-11(9-16)6-12(15-17)14-8-10-2-3-13-7-10/h2-3,6-7,13H,4-5,8-9H2,1H3,(H,14,15). The Kier molecular flexibility index (Phi) is 2.60. The molecule has 3 rings (SSSR count). The molecule has 5 nitrogen and oxygen atoms in total. The highest BCUT2D eigenvalue weighted by molar-refractivity contribution is 5.37. The van der Waals surface area contributed by atoms with E-state index in [0.29, 0.717) is 0 Å². The Morgan fingerprint density at radius 3 is 3.24 bits per heavy atom. The zero-order valence-electron chi connectivity index (χ0n) is 9.98. The molecule has 1 aliphatic heterocycles. The summed E-state index contributed by atoms with van der Waals surface area (Å²) in [7, 11) is 2.14. The molecule has 0 aromatic carbocycles. The van der Waals surface area contributed by atoms with Crippen molar-refractivity contribution in [3.8, 4) is 0 Å². The second-order valence-electron chi connectivity index (χ2n) is 4.55. The molecule has 3 heterocycles. The molecule has 2 N–H and O–H groups in total. The van der Waals surface area contributed by atoms with Crippen LogP contribution < -0.4 is 5.32 Å². The van der Waals surface area contributed by atoms with Crippen molar-refractivity contribution in [1.82, 2.24) is 19.7 Å². The van der Waals surface area contributed by atoms with Crippen LogP contribution in [-0.4, -0.2) is 33.3 Å². The highest BCUT2D eigenvalue weighted by Gasteiger charge is 2.15. The molecule has 0 aliphatic carbocycles. The first-order valence-corrected chi connectivity index (χ1v) is 5.92. The first kappa shape index (κ1) is 10.4. The average molecular weight is 231 g/mol. The molecule has 0 fully saturated rings. The maximum atomic E-state index is 4.55. The molecule has 17 heavy (non-hydrogen) atoms. The minimum Gasteiger partial charge on any atom is -0.367 e. The summed E-state index contributed by atoms with van der Waals surface area (Å²) in [5.41, 5.74) is 2.53. The van der Waals surface area contributed by atoms with Crippen molar-refractivity contribution >= 4 is 5.82 Å². The Hall–Kier alpha value is -1.75. The summed E-state index contributed by atoms with van der Waals surface area (Å²) in [6.45, 7) is 3.86. The Morgan fingerprint density at radius 1 is 1.47 bits per heavy atom. The van der Waals surface area contributed by atoms with Crippen molar-refractivity contribution in [1.29, 1.82) is 0 Å². The van der Waals surface area contributed by atoms with Crippen molar-refractivity contribution in [2.45, 2.75) is 19.6 Å². The van der Waals surface area contributed by atoms with Crippen molar-refractivity contribution in [3.05, 3.63) is 35.8 Å². The van der Waals surface area contributed by atoms with Crippen LogP contribution in [0.1, 0.15) is 11.3 Å². The third-order valence-corrected chi connectivity index (χ3v) is 3.12. The third-order valence-electron chi connectivity index (χ3n) is 3.12. The van der Waals surface area contributed by atoms with E-state index >= 15 is 0 Å². The van der Waals surface area contributed by atoms with Gasteiger partial charge in [-0.05, 0) is 18.7 Å². The van der Waals surface area contributed by atoms with Gasteiger partial charge in [0.25, 0.3) is 0 Å². The lowest BCUT2D eigenvalue weighted by atomic mass is 10.3. The van der Waals surface area contributed by atoms with Crippen LogP contribution in [0, 0.1) is 0 Å². The molecular formula is C12H17N5.